The molecule has 1 aromatic heterocycles. The van der Waals surface area contributed by atoms with Gasteiger partial charge in [-0.15, -0.1) is 6.42 Å². The molecule has 90 valence electrons. The highest BCUT2D eigenvalue weighted by Crippen LogP contribution is 2.17. The molecular formula is C15H14N2O. The van der Waals surface area contributed by atoms with Crippen LogP contribution in [0.1, 0.15) is 21.6 Å². The van der Waals surface area contributed by atoms with Crippen LogP contribution in [0.2, 0.25) is 0 Å². The second-order valence-corrected chi connectivity index (χ2v) is 4.20. The number of carbonyl (C=O) groups is 1. The van der Waals surface area contributed by atoms with Crippen molar-refractivity contribution in [1.82, 2.24) is 10.3 Å². The van der Waals surface area contributed by atoms with Crippen molar-refractivity contribution in [2.75, 3.05) is 6.54 Å². The van der Waals surface area contributed by atoms with Gasteiger partial charge in [0.05, 0.1) is 23.3 Å². The lowest BCUT2D eigenvalue weighted by atomic mass is 10.1. The number of hydrogen-bond donors (Lipinski definition) is 1. The van der Waals surface area contributed by atoms with E-state index in [-0.39, 0.29) is 12.5 Å². The molecule has 3 heteroatoms. The minimum Gasteiger partial charge on any atom is -0.341 e. The van der Waals surface area contributed by atoms with Crippen molar-refractivity contribution in [3.63, 3.8) is 0 Å². The smallest absolute Gasteiger partial charge is 0.253 e. The SMILES string of the molecule is C#CCNC(=O)c1cc2cc(C)ccc2nc1C. The Morgan fingerprint density at radius 3 is 2.89 bits per heavy atom. The quantitative estimate of drug-likeness (QED) is 0.815. The molecule has 2 rings (SSSR count). The summed E-state index contributed by atoms with van der Waals surface area (Å²) in [6.07, 6.45) is 5.12. The number of aryl methyl sites for hydroxylation is 2. The van der Waals surface area contributed by atoms with E-state index in [1.807, 2.05) is 38.1 Å². The molecule has 3 nitrogen and oxygen atoms in total. The van der Waals surface area contributed by atoms with E-state index in [4.69, 9.17) is 6.42 Å². The lowest BCUT2D eigenvalue weighted by Gasteiger charge is -2.07. The standard InChI is InChI=1S/C15H14N2O/c1-4-7-16-15(18)13-9-12-8-10(2)5-6-14(12)17-11(13)3/h1,5-6,8-9H,7H2,2-3H3,(H,16,18). The molecule has 0 unspecified atom stereocenters. The second kappa shape index (κ2) is 4.89. The summed E-state index contributed by atoms with van der Waals surface area (Å²) in [5, 5.41) is 3.62. The van der Waals surface area contributed by atoms with E-state index in [0.29, 0.717) is 11.3 Å². The Hall–Kier alpha value is -2.34. The maximum Gasteiger partial charge on any atom is 0.253 e. The van der Waals surface area contributed by atoms with Gasteiger partial charge in [0.1, 0.15) is 0 Å². The fourth-order valence-corrected chi connectivity index (χ4v) is 1.85. The van der Waals surface area contributed by atoms with Crippen molar-refractivity contribution in [2.45, 2.75) is 13.8 Å². The fraction of sp³-hybridized carbons (Fsp3) is 0.200. The van der Waals surface area contributed by atoms with Crippen LogP contribution < -0.4 is 5.32 Å². The van der Waals surface area contributed by atoms with Crippen molar-refractivity contribution >= 4 is 16.8 Å². The zero-order valence-electron chi connectivity index (χ0n) is 10.4. The molecule has 0 spiro atoms. The summed E-state index contributed by atoms with van der Waals surface area (Å²) < 4.78 is 0. The highest BCUT2D eigenvalue weighted by Gasteiger charge is 2.10. The molecule has 1 heterocycles. The van der Waals surface area contributed by atoms with Gasteiger partial charge in [-0.3, -0.25) is 9.78 Å². The van der Waals surface area contributed by atoms with Gasteiger partial charge >= 0.3 is 0 Å². The molecule has 2 aromatic rings. The van der Waals surface area contributed by atoms with Crippen molar-refractivity contribution in [2.24, 2.45) is 0 Å². The summed E-state index contributed by atoms with van der Waals surface area (Å²) in [7, 11) is 0. The van der Waals surface area contributed by atoms with E-state index in [0.717, 1.165) is 16.5 Å². The molecule has 18 heavy (non-hydrogen) atoms. The third-order valence-electron chi connectivity index (χ3n) is 2.76. The second-order valence-electron chi connectivity index (χ2n) is 4.20. The molecule has 1 amide bonds. The number of carbonyl (C=O) groups excluding carboxylic acids is 1. The maximum atomic E-state index is 11.9. The average molecular weight is 238 g/mol. The average Bonchev–Trinajstić information content (AvgIpc) is 2.35. The van der Waals surface area contributed by atoms with E-state index in [9.17, 15) is 4.79 Å². The van der Waals surface area contributed by atoms with Crippen LogP contribution in [0.5, 0.6) is 0 Å². The van der Waals surface area contributed by atoms with Gasteiger partial charge in [0.2, 0.25) is 0 Å². The molecule has 0 saturated heterocycles. The molecule has 0 saturated carbocycles. The topological polar surface area (TPSA) is 42.0 Å². The molecule has 0 bridgehead atoms. The summed E-state index contributed by atoms with van der Waals surface area (Å²) in [6.45, 7) is 4.06. The minimum atomic E-state index is -0.179. The molecule has 1 aromatic carbocycles. The number of fused-ring (bicyclic) bond motifs is 1. The third kappa shape index (κ3) is 2.33. The van der Waals surface area contributed by atoms with E-state index in [1.54, 1.807) is 0 Å². The van der Waals surface area contributed by atoms with Crippen LogP contribution in [-0.4, -0.2) is 17.4 Å². The normalized spacial score (nSPS) is 10.1. The highest BCUT2D eigenvalue weighted by atomic mass is 16.1. The number of pyridine rings is 1. The molecule has 0 radical (unpaired) electrons. The minimum absolute atomic E-state index is 0.179. The lowest BCUT2D eigenvalue weighted by Crippen LogP contribution is -2.24. The van der Waals surface area contributed by atoms with Crippen molar-refractivity contribution in [3.05, 3.63) is 41.1 Å². The lowest BCUT2D eigenvalue weighted by molar-refractivity contribution is 0.0958. The first-order valence-electron chi connectivity index (χ1n) is 5.71. The first-order valence-corrected chi connectivity index (χ1v) is 5.71. The Bertz CT molecular complexity index is 653. The van der Waals surface area contributed by atoms with Gasteiger partial charge < -0.3 is 5.32 Å². The Labute approximate surface area is 106 Å². The molecule has 0 atom stereocenters. The zero-order chi connectivity index (χ0) is 13.1. The van der Waals surface area contributed by atoms with Gasteiger partial charge in [0.15, 0.2) is 0 Å². The largest absolute Gasteiger partial charge is 0.341 e. The third-order valence-corrected chi connectivity index (χ3v) is 2.76. The van der Waals surface area contributed by atoms with Gasteiger partial charge in [-0.2, -0.15) is 0 Å². The summed E-state index contributed by atoms with van der Waals surface area (Å²) in [5.41, 5.74) is 3.32. The summed E-state index contributed by atoms with van der Waals surface area (Å²) in [5.74, 6) is 2.20. The fourth-order valence-electron chi connectivity index (χ4n) is 1.85. The van der Waals surface area contributed by atoms with E-state index >= 15 is 0 Å². The van der Waals surface area contributed by atoms with E-state index in [2.05, 4.69) is 16.2 Å². The van der Waals surface area contributed by atoms with E-state index < -0.39 is 0 Å². The summed E-state index contributed by atoms with van der Waals surface area (Å²) >= 11 is 0. The van der Waals surface area contributed by atoms with Gasteiger partial charge in [-0.05, 0) is 32.0 Å². The number of rotatable bonds is 2. The number of benzene rings is 1. The van der Waals surface area contributed by atoms with Crippen molar-refractivity contribution < 1.29 is 4.79 Å². The number of amides is 1. The first-order chi connectivity index (χ1) is 8.61. The number of aromatic nitrogens is 1. The van der Waals surface area contributed by atoms with Crippen LogP contribution in [0, 0.1) is 26.2 Å². The van der Waals surface area contributed by atoms with E-state index in [1.165, 1.54) is 0 Å². The number of nitrogens with zero attached hydrogens (tertiary/aromatic N) is 1. The first kappa shape index (κ1) is 12.1. The van der Waals surface area contributed by atoms with Gasteiger partial charge in [0, 0.05) is 5.39 Å². The Balaban J connectivity index is 2.48. The Morgan fingerprint density at radius 1 is 1.39 bits per heavy atom. The Kier molecular flexibility index (Phi) is 3.29. The number of hydrogen-bond acceptors (Lipinski definition) is 2. The van der Waals surface area contributed by atoms with Crippen LogP contribution in [-0.2, 0) is 0 Å². The molecule has 0 aliphatic rings. The van der Waals surface area contributed by atoms with Crippen LogP contribution in [0.15, 0.2) is 24.3 Å². The van der Waals surface area contributed by atoms with Crippen LogP contribution in [0.4, 0.5) is 0 Å². The molecular weight excluding hydrogens is 224 g/mol. The van der Waals surface area contributed by atoms with Crippen LogP contribution in [0.3, 0.4) is 0 Å². The zero-order valence-corrected chi connectivity index (χ0v) is 10.4. The highest BCUT2D eigenvalue weighted by molar-refractivity contribution is 5.98. The van der Waals surface area contributed by atoms with Gasteiger partial charge in [-0.1, -0.05) is 17.6 Å². The molecule has 0 aliphatic carbocycles. The predicted molar refractivity (Wildman–Crippen MR) is 72.4 cm³/mol. The Morgan fingerprint density at radius 2 is 2.17 bits per heavy atom. The predicted octanol–water partition coefficient (Wildman–Crippen LogP) is 2.21. The van der Waals surface area contributed by atoms with Gasteiger partial charge in [0.25, 0.3) is 5.91 Å². The van der Waals surface area contributed by atoms with Crippen molar-refractivity contribution in [1.29, 1.82) is 0 Å². The summed E-state index contributed by atoms with van der Waals surface area (Å²) in [6, 6.07) is 7.84. The monoisotopic (exact) mass is 238 g/mol. The van der Waals surface area contributed by atoms with Crippen LogP contribution in [0.25, 0.3) is 10.9 Å². The maximum absolute atomic E-state index is 11.9. The molecule has 1 N–H and O–H groups in total. The summed E-state index contributed by atoms with van der Waals surface area (Å²) in [4.78, 5) is 16.3. The van der Waals surface area contributed by atoms with Gasteiger partial charge in [-0.25, -0.2) is 0 Å². The molecule has 0 aliphatic heterocycles. The number of nitrogens with one attached hydrogen (secondary N) is 1. The van der Waals surface area contributed by atoms with Crippen LogP contribution >= 0.6 is 0 Å². The van der Waals surface area contributed by atoms with Crippen molar-refractivity contribution in [3.8, 4) is 12.3 Å². The number of terminal acetylenes is 1. The molecule has 0 fully saturated rings.